The van der Waals surface area contributed by atoms with E-state index in [1.807, 2.05) is 24.3 Å². The van der Waals surface area contributed by atoms with Gasteiger partial charge in [-0.25, -0.2) is 4.98 Å². The number of aryl methyl sites for hydroxylation is 1. The van der Waals surface area contributed by atoms with Crippen molar-refractivity contribution in [1.29, 1.82) is 0 Å². The summed E-state index contributed by atoms with van der Waals surface area (Å²) < 4.78 is 0. The molecule has 0 spiro atoms. The summed E-state index contributed by atoms with van der Waals surface area (Å²) in [5.41, 5.74) is 3.34. The monoisotopic (exact) mass is 464 g/mol. The molecule has 5 nitrogen and oxygen atoms in total. The molecule has 1 amide bonds. The molecule has 5 rings (SSSR count). The Balaban J connectivity index is 1.15. The first-order chi connectivity index (χ1) is 15.5. The number of halogens is 1. The fourth-order valence-electron chi connectivity index (χ4n) is 4.16. The minimum absolute atomic E-state index is 0.0224. The van der Waals surface area contributed by atoms with Crippen LogP contribution in [-0.4, -0.2) is 55.1 Å². The molecule has 0 bridgehead atoms. The van der Waals surface area contributed by atoms with Crippen molar-refractivity contribution in [3.05, 3.63) is 70.1 Å². The molecule has 2 aromatic carbocycles. The molecule has 0 unspecified atom stereocenters. The van der Waals surface area contributed by atoms with Crippen molar-refractivity contribution >= 4 is 55.7 Å². The van der Waals surface area contributed by atoms with Crippen molar-refractivity contribution in [2.24, 2.45) is 0 Å². The molecule has 1 aliphatic heterocycles. The third-order valence-electron chi connectivity index (χ3n) is 5.94. The number of benzene rings is 2. The zero-order chi connectivity index (χ0) is 22.1. The fourth-order valence-corrected chi connectivity index (χ4v) is 5.29. The van der Waals surface area contributed by atoms with E-state index in [1.54, 1.807) is 0 Å². The van der Waals surface area contributed by atoms with Crippen molar-refractivity contribution in [2.75, 3.05) is 44.2 Å². The topological polar surface area (TPSA) is 48.5 Å². The highest BCUT2D eigenvalue weighted by molar-refractivity contribution is 7.20. The number of pyridine rings is 1. The van der Waals surface area contributed by atoms with E-state index in [2.05, 4.69) is 52.4 Å². The molecule has 7 heteroatoms. The first-order valence-electron chi connectivity index (χ1n) is 10.9. The number of anilines is 1. The maximum absolute atomic E-state index is 12.7. The lowest BCUT2D eigenvalue weighted by Gasteiger charge is -2.36. The lowest BCUT2D eigenvalue weighted by molar-refractivity contribution is 0.0952. The molecule has 1 N–H and O–H groups in total. The maximum Gasteiger partial charge on any atom is 0.261 e. The van der Waals surface area contributed by atoms with Gasteiger partial charge in [-0.3, -0.25) is 9.69 Å². The number of hydrogen-bond donors (Lipinski definition) is 1. The Labute approximate surface area is 196 Å². The molecule has 1 saturated heterocycles. The number of piperazine rings is 1. The van der Waals surface area contributed by atoms with Gasteiger partial charge in [-0.2, -0.15) is 0 Å². The van der Waals surface area contributed by atoms with E-state index in [0.717, 1.165) is 58.9 Å². The largest absolute Gasteiger partial charge is 0.369 e. The number of fused-ring (bicyclic) bond motifs is 2. The quantitative estimate of drug-likeness (QED) is 0.453. The zero-order valence-electron chi connectivity index (χ0n) is 18.0. The van der Waals surface area contributed by atoms with E-state index in [4.69, 9.17) is 16.6 Å². The lowest BCUT2D eigenvalue weighted by Crippen LogP contribution is -2.48. The summed E-state index contributed by atoms with van der Waals surface area (Å²) in [6, 6.07) is 18.3. The van der Waals surface area contributed by atoms with Crippen LogP contribution in [0.5, 0.6) is 0 Å². The highest BCUT2D eigenvalue weighted by Crippen LogP contribution is 2.28. The zero-order valence-corrected chi connectivity index (χ0v) is 19.5. The van der Waals surface area contributed by atoms with Gasteiger partial charge >= 0.3 is 0 Å². The van der Waals surface area contributed by atoms with Crippen LogP contribution >= 0.6 is 22.9 Å². The number of nitrogens with one attached hydrogen (secondary N) is 1. The molecule has 1 aliphatic rings. The number of rotatable bonds is 5. The third kappa shape index (κ3) is 4.58. The maximum atomic E-state index is 12.7. The van der Waals surface area contributed by atoms with Crippen LogP contribution in [0.4, 0.5) is 5.69 Å². The van der Waals surface area contributed by atoms with Crippen LogP contribution in [0.3, 0.4) is 0 Å². The highest BCUT2D eigenvalue weighted by atomic mass is 35.5. The van der Waals surface area contributed by atoms with Gasteiger partial charge in [0.2, 0.25) is 0 Å². The van der Waals surface area contributed by atoms with E-state index < -0.39 is 0 Å². The summed E-state index contributed by atoms with van der Waals surface area (Å²) in [7, 11) is 0. The van der Waals surface area contributed by atoms with Crippen LogP contribution in [0, 0.1) is 6.92 Å². The third-order valence-corrected chi connectivity index (χ3v) is 7.22. The fraction of sp³-hybridized carbons (Fsp3) is 0.280. The Morgan fingerprint density at radius 3 is 2.72 bits per heavy atom. The van der Waals surface area contributed by atoms with Gasteiger partial charge in [0, 0.05) is 60.8 Å². The van der Waals surface area contributed by atoms with Crippen molar-refractivity contribution in [2.45, 2.75) is 6.92 Å². The summed E-state index contributed by atoms with van der Waals surface area (Å²) in [5.74, 6) is -0.0224. The second-order valence-corrected chi connectivity index (χ2v) is 9.72. The number of nitrogens with zero attached hydrogens (tertiary/aromatic N) is 3. The predicted octanol–water partition coefficient (Wildman–Crippen LogP) is 4.96. The van der Waals surface area contributed by atoms with Crippen molar-refractivity contribution in [3.63, 3.8) is 0 Å². The molecule has 3 heterocycles. The molecule has 0 radical (unpaired) electrons. The summed E-state index contributed by atoms with van der Waals surface area (Å²) >= 11 is 7.58. The molecule has 0 atom stereocenters. The number of carbonyl (C=O) groups is 1. The number of carbonyl (C=O) groups excluding carboxylic acids is 1. The Hall–Kier alpha value is -2.67. The molecule has 32 heavy (non-hydrogen) atoms. The minimum Gasteiger partial charge on any atom is -0.369 e. The molecule has 164 valence electrons. The van der Waals surface area contributed by atoms with E-state index in [0.29, 0.717) is 11.4 Å². The first-order valence-corrected chi connectivity index (χ1v) is 12.1. The number of thiophene rings is 1. The second kappa shape index (κ2) is 9.06. The standard InChI is InChI=1S/C25H25ClN4OS/c1-17-5-6-18-14-19-15-23(32-25(19)28-22(18)13-17)24(31)27-7-8-29-9-11-30(12-10-29)21-4-2-3-20(26)16-21/h2-6,13-16H,7-12H2,1H3,(H,27,31). The average Bonchev–Trinajstić information content (AvgIpc) is 3.21. The molecule has 4 aromatic rings. The van der Waals surface area contributed by atoms with Crippen molar-refractivity contribution in [1.82, 2.24) is 15.2 Å². The molecule has 0 aliphatic carbocycles. The normalized spacial score (nSPS) is 14.9. The van der Waals surface area contributed by atoms with E-state index in [9.17, 15) is 4.79 Å². The van der Waals surface area contributed by atoms with Crippen LogP contribution in [0.25, 0.3) is 21.1 Å². The number of aromatic nitrogens is 1. The molecule has 1 fully saturated rings. The Bertz CT molecular complexity index is 1280. The average molecular weight is 465 g/mol. The Morgan fingerprint density at radius 1 is 1.06 bits per heavy atom. The van der Waals surface area contributed by atoms with Crippen LogP contribution in [0.15, 0.2) is 54.6 Å². The molecular weight excluding hydrogens is 440 g/mol. The number of amides is 1. The Kier molecular flexibility index (Phi) is 6.00. The van der Waals surface area contributed by atoms with Crippen LogP contribution in [0.2, 0.25) is 5.02 Å². The van der Waals surface area contributed by atoms with E-state index in [1.165, 1.54) is 22.6 Å². The highest BCUT2D eigenvalue weighted by Gasteiger charge is 2.18. The summed E-state index contributed by atoms with van der Waals surface area (Å²) in [5, 5.41) is 5.97. The van der Waals surface area contributed by atoms with Gasteiger partial charge in [0.1, 0.15) is 4.83 Å². The van der Waals surface area contributed by atoms with Crippen molar-refractivity contribution in [3.8, 4) is 0 Å². The SMILES string of the molecule is Cc1ccc2cc3cc(C(=O)NCCN4CCN(c5cccc(Cl)c5)CC4)sc3nc2c1. The van der Waals surface area contributed by atoms with Crippen LogP contribution in [0.1, 0.15) is 15.2 Å². The van der Waals surface area contributed by atoms with Gasteiger partial charge < -0.3 is 10.2 Å². The lowest BCUT2D eigenvalue weighted by atomic mass is 10.1. The van der Waals surface area contributed by atoms with Crippen molar-refractivity contribution < 1.29 is 4.79 Å². The molecule has 2 aromatic heterocycles. The minimum atomic E-state index is -0.0224. The van der Waals surface area contributed by atoms with Gasteiger partial charge in [-0.1, -0.05) is 29.8 Å². The van der Waals surface area contributed by atoms with Gasteiger partial charge in [-0.05, 0) is 48.9 Å². The van der Waals surface area contributed by atoms with Crippen LogP contribution in [-0.2, 0) is 0 Å². The van der Waals surface area contributed by atoms with Gasteiger partial charge in [0.05, 0.1) is 10.4 Å². The van der Waals surface area contributed by atoms with Gasteiger partial charge in [0.15, 0.2) is 0 Å². The first kappa shape index (κ1) is 21.2. The smallest absolute Gasteiger partial charge is 0.261 e. The second-order valence-electron chi connectivity index (χ2n) is 8.25. The molecular formula is C25H25ClN4OS. The van der Waals surface area contributed by atoms with Gasteiger partial charge in [-0.15, -0.1) is 11.3 Å². The van der Waals surface area contributed by atoms with Crippen LogP contribution < -0.4 is 10.2 Å². The Morgan fingerprint density at radius 2 is 1.91 bits per heavy atom. The predicted molar refractivity (Wildman–Crippen MR) is 134 cm³/mol. The molecule has 0 saturated carbocycles. The van der Waals surface area contributed by atoms with E-state index in [-0.39, 0.29) is 5.91 Å². The number of hydrogen-bond acceptors (Lipinski definition) is 5. The summed E-state index contributed by atoms with van der Waals surface area (Å²) in [4.78, 5) is 23.8. The van der Waals surface area contributed by atoms with E-state index >= 15 is 0 Å². The summed E-state index contributed by atoms with van der Waals surface area (Å²) in [6.07, 6.45) is 0. The summed E-state index contributed by atoms with van der Waals surface area (Å²) in [6.45, 7) is 7.42. The van der Waals surface area contributed by atoms with Gasteiger partial charge in [0.25, 0.3) is 5.91 Å².